The van der Waals surface area contributed by atoms with Crippen molar-refractivity contribution in [2.45, 2.75) is 0 Å². The van der Waals surface area contributed by atoms with Gasteiger partial charge in [-0.2, -0.15) is 0 Å². The summed E-state index contributed by atoms with van der Waals surface area (Å²) in [5, 5.41) is 6.23. The van der Waals surface area contributed by atoms with Crippen LogP contribution in [0.15, 0.2) is 36.4 Å². The molecule has 0 atom stereocenters. The fourth-order valence-electron chi connectivity index (χ4n) is 1.35. The van der Waals surface area contributed by atoms with Crippen LogP contribution in [0.2, 0.25) is 0 Å². The van der Waals surface area contributed by atoms with E-state index in [0.717, 1.165) is 0 Å². The van der Waals surface area contributed by atoms with Gasteiger partial charge in [-0.05, 0) is 36.4 Å². The van der Waals surface area contributed by atoms with E-state index >= 15 is 0 Å². The molecule has 0 nitrogen and oxygen atoms in total. The summed E-state index contributed by atoms with van der Waals surface area (Å²) in [6.45, 7) is 0. The van der Waals surface area contributed by atoms with Crippen LogP contribution < -0.4 is 9.06 Å². The van der Waals surface area contributed by atoms with Gasteiger partial charge in [0.1, 0.15) is 0 Å². The Balaban J connectivity index is 2.28. The highest BCUT2D eigenvalue weighted by atomic mass is 32.1. The molecule has 0 saturated carbocycles. The zero-order valence-electron chi connectivity index (χ0n) is 7.69. The molecule has 0 fully saturated rings. The number of hydrogen-bond acceptors (Lipinski definition) is 1. The first-order chi connectivity index (χ1) is 7.43. The van der Waals surface area contributed by atoms with Gasteiger partial charge in [-0.1, -0.05) is 32.7 Å². The van der Waals surface area contributed by atoms with Gasteiger partial charge in [0.25, 0.3) is 0 Å². The third-order valence-corrected chi connectivity index (χ3v) is 5.10. The predicted molar refractivity (Wildman–Crippen MR) is 71.6 cm³/mol. The highest BCUT2D eigenvalue weighted by Crippen LogP contribution is 2.14. The molecule has 0 radical (unpaired) electrons. The maximum absolute atomic E-state index is 3.12. The van der Waals surface area contributed by atoms with Crippen molar-refractivity contribution in [2.24, 2.45) is 0 Å². The van der Waals surface area contributed by atoms with E-state index in [2.05, 4.69) is 34.7 Å². The van der Waals surface area contributed by atoms with Gasteiger partial charge in [0, 0.05) is 9.06 Å². The molecule has 0 aliphatic carbocycles. The van der Waals surface area contributed by atoms with Crippen molar-refractivity contribution < 1.29 is 0 Å². The molecule has 0 bridgehead atoms. The largest absolute Gasteiger partial charge is 0.133 e. The van der Waals surface area contributed by atoms with E-state index in [1.54, 1.807) is 22.3 Å². The van der Waals surface area contributed by atoms with E-state index in [0.29, 0.717) is 0 Å². The summed E-state index contributed by atoms with van der Waals surface area (Å²) in [5.74, 6) is 0. The van der Waals surface area contributed by atoms with Gasteiger partial charge in [-0.3, -0.25) is 0 Å². The Labute approximate surface area is 99.1 Å². The molecular formula is C12H6S3. The maximum atomic E-state index is 3.12. The van der Waals surface area contributed by atoms with Crippen LogP contribution in [0.3, 0.4) is 0 Å². The minimum absolute atomic E-state index is 1.30. The fourth-order valence-corrected chi connectivity index (χ4v) is 3.83. The molecule has 2 aliphatic rings. The lowest BCUT2D eigenvalue weighted by Gasteiger charge is -1.81. The van der Waals surface area contributed by atoms with Crippen LogP contribution in [0.4, 0.5) is 0 Å². The molecule has 3 heterocycles. The molecule has 0 unspecified atom stereocenters. The predicted octanol–water partition coefficient (Wildman–Crippen LogP) is 2.49. The van der Waals surface area contributed by atoms with Crippen LogP contribution in [-0.4, -0.2) is 0 Å². The van der Waals surface area contributed by atoms with Gasteiger partial charge in [-0.25, -0.2) is 0 Å². The Bertz CT molecular complexity index is 659. The molecule has 0 amide bonds. The lowest BCUT2D eigenvalue weighted by atomic mass is 10.4. The second-order valence-corrected chi connectivity index (χ2v) is 5.84. The summed E-state index contributed by atoms with van der Waals surface area (Å²) in [7, 11) is 0. The van der Waals surface area contributed by atoms with Crippen LogP contribution >= 0.6 is 33.7 Å². The Hall–Kier alpha value is -1.08. The fraction of sp³-hybridized carbons (Fsp3) is 0. The topological polar surface area (TPSA) is 0 Å². The van der Waals surface area contributed by atoms with Crippen molar-refractivity contribution in [3.63, 3.8) is 0 Å². The van der Waals surface area contributed by atoms with Crippen LogP contribution in [-0.2, 0) is 0 Å². The smallest absolute Gasteiger partial charge is 0.0533 e. The third kappa shape index (κ3) is 1.72. The van der Waals surface area contributed by atoms with Crippen molar-refractivity contribution in [3.8, 4) is 10.4 Å². The number of thiophene rings is 1. The lowest BCUT2D eigenvalue weighted by molar-refractivity contribution is 1.84. The van der Waals surface area contributed by atoms with Gasteiger partial charge < -0.3 is 0 Å². The summed E-state index contributed by atoms with van der Waals surface area (Å²) < 4.78 is 2.65. The van der Waals surface area contributed by atoms with Crippen molar-refractivity contribution in [2.75, 3.05) is 0 Å². The van der Waals surface area contributed by atoms with Gasteiger partial charge in [0.2, 0.25) is 0 Å². The second kappa shape index (κ2) is 3.82. The standard InChI is InChI=1S/C12H6S3/c1-3-9(13-7-1)11-5-6-12(15-11)10-4-2-8-14-10/h1-6H/b11-9-,12-10+. The molecule has 15 heavy (non-hydrogen) atoms. The summed E-state index contributed by atoms with van der Waals surface area (Å²) in [4.78, 5) is 2.60. The maximum Gasteiger partial charge on any atom is 0.0533 e. The van der Waals surface area contributed by atoms with E-state index in [1.807, 2.05) is 23.5 Å². The first kappa shape index (κ1) is 9.17. The van der Waals surface area contributed by atoms with Crippen molar-refractivity contribution in [1.82, 2.24) is 0 Å². The zero-order chi connectivity index (χ0) is 10.1. The minimum atomic E-state index is 1.30. The van der Waals surface area contributed by atoms with Crippen molar-refractivity contribution >= 4 is 43.5 Å². The zero-order valence-corrected chi connectivity index (χ0v) is 10.1. The normalized spacial score (nSPS) is 23.5. The van der Waals surface area contributed by atoms with Crippen LogP contribution in [0.5, 0.6) is 0 Å². The molecular weight excluding hydrogens is 240 g/mol. The number of rotatable bonds is 0. The number of hydrogen-bond donors (Lipinski definition) is 0. The highest BCUT2D eigenvalue weighted by molar-refractivity contribution is 7.99. The number of allylic oxidation sites excluding steroid dienone is 2. The molecule has 1 aromatic rings. The molecule has 0 saturated heterocycles. The molecule has 72 valence electrons. The average Bonchev–Trinajstić information content (AvgIpc) is 3.02. The molecule has 1 aromatic heterocycles. The van der Waals surface area contributed by atoms with Gasteiger partial charge >= 0.3 is 0 Å². The molecule has 0 aromatic carbocycles. The average molecular weight is 246 g/mol. The summed E-state index contributed by atoms with van der Waals surface area (Å²) in [5.41, 5.74) is 0. The van der Waals surface area contributed by atoms with Crippen LogP contribution in [0.1, 0.15) is 0 Å². The first-order valence-corrected chi connectivity index (χ1v) is 6.91. The Morgan fingerprint density at radius 1 is 0.800 bits per heavy atom. The first-order valence-electron chi connectivity index (χ1n) is 4.46. The third-order valence-electron chi connectivity index (χ3n) is 2.03. The van der Waals surface area contributed by atoms with Gasteiger partial charge in [0.15, 0.2) is 0 Å². The van der Waals surface area contributed by atoms with Crippen molar-refractivity contribution in [1.29, 1.82) is 0 Å². The Morgan fingerprint density at radius 3 is 1.73 bits per heavy atom. The van der Waals surface area contributed by atoms with E-state index in [1.165, 1.54) is 18.9 Å². The van der Waals surface area contributed by atoms with E-state index < -0.39 is 0 Å². The summed E-state index contributed by atoms with van der Waals surface area (Å²) >= 11 is 5.16. The summed E-state index contributed by atoms with van der Waals surface area (Å²) in [6.07, 6.45) is 8.16. The van der Waals surface area contributed by atoms with Gasteiger partial charge in [-0.15, -0.1) is 11.3 Å². The second-order valence-electron chi connectivity index (χ2n) is 3.00. The minimum Gasteiger partial charge on any atom is -0.133 e. The Morgan fingerprint density at radius 2 is 1.33 bits per heavy atom. The molecule has 2 aliphatic heterocycles. The van der Waals surface area contributed by atoms with Crippen LogP contribution in [0, 0.1) is 10.4 Å². The Kier molecular flexibility index (Phi) is 2.34. The molecule has 0 N–H and O–H groups in total. The lowest BCUT2D eigenvalue weighted by Crippen LogP contribution is -1.95. The van der Waals surface area contributed by atoms with E-state index in [-0.39, 0.29) is 0 Å². The summed E-state index contributed by atoms with van der Waals surface area (Å²) in [6, 6.07) is 4.36. The highest BCUT2D eigenvalue weighted by Gasteiger charge is 1.98. The van der Waals surface area contributed by atoms with Crippen LogP contribution in [0.25, 0.3) is 9.81 Å². The molecule has 3 rings (SSSR count). The molecule has 0 spiro atoms. The molecule has 3 heteroatoms. The van der Waals surface area contributed by atoms with Crippen molar-refractivity contribution in [3.05, 3.63) is 45.5 Å². The van der Waals surface area contributed by atoms with E-state index in [4.69, 9.17) is 0 Å². The van der Waals surface area contributed by atoms with Gasteiger partial charge in [0.05, 0.1) is 9.81 Å². The SMILES string of the molecule is C1#S/C(=c2/cc/c(=C3/C=CC#S3)s2)C=C1. The monoisotopic (exact) mass is 246 g/mol. The van der Waals surface area contributed by atoms with E-state index in [9.17, 15) is 0 Å². The quantitative estimate of drug-likeness (QED) is 0.660.